The Kier molecular flexibility index (Phi) is 4.07. The number of halogens is 1. The second-order valence-electron chi connectivity index (χ2n) is 2.62. The Hall–Kier alpha value is -0.900. The molecule has 1 aromatic rings. The fraction of sp³-hybridized carbons (Fsp3) is 0.400. The molecule has 0 saturated heterocycles. The Balaban J connectivity index is 3.07. The Morgan fingerprint density at radius 2 is 1.86 bits per heavy atom. The van der Waals surface area contributed by atoms with Crippen molar-refractivity contribution in [3.05, 3.63) is 16.6 Å². The highest BCUT2D eigenvalue weighted by Gasteiger charge is 2.11. The first-order chi connectivity index (χ1) is 6.69. The molecule has 0 radical (unpaired) electrons. The summed E-state index contributed by atoms with van der Waals surface area (Å²) in [6.07, 6.45) is 0. The Morgan fingerprint density at radius 1 is 1.21 bits per heavy atom. The number of rotatable bonds is 4. The number of hydrogen-bond donors (Lipinski definition) is 1. The SMILES string of the molecule is CCOc1cc(Br)cc(O)c1OCC. The first-order valence-electron chi connectivity index (χ1n) is 4.47. The fourth-order valence-corrected chi connectivity index (χ4v) is 1.53. The molecule has 0 heterocycles. The van der Waals surface area contributed by atoms with Gasteiger partial charge in [0.25, 0.3) is 0 Å². The molecule has 4 heteroatoms. The van der Waals surface area contributed by atoms with Crippen LogP contribution < -0.4 is 9.47 Å². The lowest BCUT2D eigenvalue weighted by Gasteiger charge is -2.12. The van der Waals surface area contributed by atoms with Gasteiger partial charge in [-0.15, -0.1) is 0 Å². The molecular weight excluding hydrogens is 248 g/mol. The van der Waals surface area contributed by atoms with E-state index in [4.69, 9.17) is 9.47 Å². The van der Waals surface area contributed by atoms with E-state index in [1.165, 1.54) is 0 Å². The van der Waals surface area contributed by atoms with Crippen LogP contribution in [0.5, 0.6) is 17.2 Å². The van der Waals surface area contributed by atoms with E-state index >= 15 is 0 Å². The summed E-state index contributed by atoms with van der Waals surface area (Å²) in [7, 11) is 0. The van der Waals surface area contributed by atoms with Crippen LogP contribution in [0.2, 0.25) is 0 Å². The molecule has 1 rings (SSSR count). The van der Waals surface area contributed by atoms with Gasteiger partial charge in [0.2, 0.25) is 5.75 Å². The van der Waals surface area contributed by atoms with Crippen LogP contribution in [-0.4, -0.2) is 18.3 Å². The molecular formula is C10H13BrO3. The molecule has 0 atom stereocenters. The minimum Gasteiger partial charge on any atom is -0.504 e. The van der Waals surface area contributed by atoms with Crippen LogP contribution >= 0.6 is 15.9 Å². The van der Waals surface area contributed by atoms with Crippen molar-refractivity contribution in [2.24, 2.45) is 0 Å². The molecule has 3 nitrogen and oxygen atoms in total. The van der Waals surface area contributed by atoms with E-state index in [0.29, 0.717) is 24.7 Å². The highest BCUT2D eigenvalue weighted by Crippen LogP contribution is 2.39. The van der Waals surface area contributed by atoms with Crippen molar-refractivity contribution in [1.82, 2.24) is 0 Å². The molecule has 0 bridgehead atoms. The van der Waals surface area contributed by atoms with Gasteiger partial charge < -0.3 is 14.6 Å². The van der Waals surface area contributed by atoms with Crippen molar-refractivity contribution in [3.63, 3.8) is 0 Å². The monoisotopic (exact) mass is 260 g/mol. The lowest BCUT2D eigenvalue weighted by molar-refractivity contribution is 0.275. The topological polar surface area (TPSA) is 38.7 Å². The van der Waals surface area contributed by atoms with Crippen molar-refractivity contribution in [2.45, 2.75) is 13.8 Å². The normalized spacial score (nSPS) is 9.93. The van der Waals surface area contributed by atoms with Gasteiger partial charge in [0.1, 0.15) is 0 Å². The van der Waals surface area contributed by atoms with Crippen LogP contribution in [0, 0.1) is 0 Å². The molecule has 1 aromatic carbocycles. The van der Waals surface area contributed by atoms with Gasteiger partial charge in [0.05, 0.1) is 13.2 Å². The predicted molar refractivity (Wildman–Crippen MR) is 58.1 cm³/mol. The molecule has 0 amide bonds. The maximum atomic E-state index is 9.59. The van der Waals surface area contributed by atoms with E-state index in [9.17, 15) is 5.11 Å². The molecule has 0 aromatic heterocycles. The van der Waals surface area contributed by atoms with Crippen LogP contribution in [0.15, 0.2) is 16.6 Å². The number of hydrogen-bond acceptors (Lipinski definition) is 3. The van der Waals surface area contributed by atoms with Gasteiger partial charge in [0, 0.05) is 4.47 Å². The third-order valence-corrected chi connectivity index (χ3v) is 2.05. The number of phenolic OH excluding ortho intramolecular Hbond substituents is 1. The second kappa shape index (κ2) is 5.10. The van der Waals surface area contributed by atoms with Gasteiger partial charge >= 0.3 is 0 Å². The van der Waals surface area contributed by atoms with Gasteiger partial charge in [-0.1, -0.05) is 15.9 Å². The summed E-state index contributed by atoms with van der Waals surface area (Å²) >= 11 is 3.27. The molecule has 78 valence electrons. The van der Waals surface area contributed by atoms with Crippen LogP contribution in [0.1, 0.15) is 13.8 Å². The molecule has 0 saturated carbocycles. The summed E-state index contributed by atoms with van der Waals surface area (Å²) in [5.41, 5.74) is 0. The van der Waals surface area contributed by atoms with Crippen LogP contribution in [0.3, 0.4) is 0 Å². The average Bonchev–Trinajstić information content (AvgIpc) is 2.11. The molecule has 0 aliphatic rings. The van der Waals surface area contributed by atoms with E-state index in [1.807, 2.05) is 13.8 Å². The second-order valence-corrected chi connectivity index (χ2v) is 3.53. The molecule has 14 heavy (non-hydrogen) atoms. The summed E-state index contributed by atoms with van der Waals surface area (Å²) in [5, 5.41) is 9.59. The first-order valence-corrected chi connectivity index (χ1v) is 5.26. The van der Waals surface area contributed by atoms with Crippen molar-refractivity contribution in [1.29, 1.82) is 0 Å². The fourth-order valence-electron chi connectivity index (χ4n) is 1.11. The Bertz CT molecular complexity index is 312. The third-order valence-electron chi connectivity index (χ3n) is 1.59. The van der Waals surface area contributed by atoms with E-state index in [2.05, 4.69) is 15.9 Å². The molecule has 0 aliphatic heterocycles. The minimum atomic E-state index is 0.0877. The standard InChI is InChI=1S/C10H13BrO3/c1-3-13-9-6-7(11)5-8(12)10(9)14-4-2/h5-6,12H,3-4H2,1-2H3. The largest absolute Gasteiger partial charge is 0.504 e. The van der Waals surface area contributed by atoms with Crippen LogP contribution in [0.25, 0.3) is 0 Å². The molecule has 0 spiro atoms. The van der Waals surface area contributed by atoms with Crippen molar-refractivity contribution in [2.75, 3.05) is 13.2 Å². The Morgan fingerprint density at radius 3 is 2.43 bits per heavy atom. The van der Waals surface area contributed by atoms with Gasteiger partial charge in [-0.05, 0) is 26.0 Å². The van der Waals surface area contributed by atoms with Gasteiger partial charge in [0.15, 0.2) is 11.5 Å². The van der Waals surface area contributed by atoms with Gasteiger partial charge in [-0.3, -0.25) is 0 Å². The van der Waals surface area contributed by atoms with E-state index in [0.717, 1.165) is 4.47 Å². The van der Waals surface area contributed by atoms with Crippen molar-refractivity contribution < 1.29 is 14.6 Å². The summed E-state index contributed by atoms with van der Waals surface area (Å²) in [6.45, 7) is 4.77. The number of ether oxygens (including phenoxy) is 2. The highest BCUT2D eigenvalue weighted by atomic mass is 79.9. The van der Waals surface area contributed by atoms with Crippen LogP contribution in [-0.2, 0) is 0 Å². The van der Waals surface area contributed by atoms with Crippen molar-refractivity contribution in [3.8, 4) is 17.2 Å². The Labute approximate surface area is 91.8 Å². The van der Waals surface area contributed by atoms with Gasteiger partial charge in [-0.2, -0.15) is 0 Å². The van der Waals surface area contributed by atoms with Crippen molar-refractivity contribution >= 4 is 15.9 Å². The smallest absolute Gasteiger partial charge is 0.203 e. The van der Waals surface area contributed by atoms with E-state index in [1.54, 1.807) is 12.1 Å². The van der Waals surface area contributed by atoms with Crippen LogP contribution in [0.4, 0.5) is 0 Å². The maximum absolute atomic E-state index is 9.59. The summed E-state index contributed by atoms with van der Waals surface area (Å²) < 4.78 is 11.4. The summed E-state index contributed by atoms with van der Waals surface area (Å²) in [4.78, 5) is 0. The van der Waals surface area contributed by atoms with E-state index < -0.39 is 0 Å². The molecule has 0 aliphatic carbocycles. The third kappa shape index (κ3) is 2.54. The lowest BCUT2D eigenvalue weighted by Crippen LogP contribution is -1.98. The minimum absolute atomic E-state index is 0.0877. The zero-order valence-corrected chi connectivity index (χ0v) is 9.80. The average molecular weight is 261 g/mol. The maximum Gasteiger partial charge on any atom is 0.203 e. The van der Waals surface area contributed by atoms with Gasteiger partial charge in [-0.25, -0.2) is 0 Å². The number of benzene rings is 1. The molecule has 1 N–H and O–H groups in total. The lowest BCUT2D eigenvalue weighted by atomic mass is 10.3. The summed E-state index contributed by atoms with van der Waals surface area (Å²) in [5.74, 6) is 1.04. The van der Waals surface area contributed by atoms with E-state index in [-0.39, 0.29) is 5.75 Å². The zero-order chi connectivity index (χ0) is 10.6. The zero-order valence-electron chi connectivity index (χ0n) is 8.21. The number of phenols is 1. The molecule has 0 fully saturated rings. The highest BCUT2D eigenvalue weighted by molar-refractivity contribution is 9.10. The predicted octanol–water partition coefficient (Wildman–Crippen LogP) is 2.95. The summed E-state index contributed by atoms with van der Waals surface area (Å²) in [6, 6.07) is 3.35. The quantitative estimate of drug-likeness (QED) is 0.905. The molecule has 0 unspecified atom stereocenters. The first kappa shape index (κ1) is 11.2. The number of aromatic hydroxyl groups is 1.